The minimum Gasteiger partial charge on any atom is -0.322 e. The smallest absolute Gasteiger partial charge is 0.267 e. The number of hydrogen-bond acceptors (Lipinski definition) is 2. The van der Waals surface area contributed by atoms with Gasteiger partial charge in [0.2, 0.25) is 0 Å². The molecule has 0 saturated carbocycles. The molecule has 0 atom stereocenters. The lowest BCUT2D eigenvalue weighted by atomic mass is 10.1. The number of amides is 1. The van der Waals surface area contributed by atoms with Gasteiger partial charge in [-0.05, 0) is 60.4 Å². The van der Waals surface area contributed by atoms with Gasteiger partial charge in [-0.3, -0.25) is 4.79 Å². The van der Waals surface area contributed by atoms with Crippen LogP contribution in [-0.4, -0.2) is 10.5 Å². The van der Waals surface area contributed by atoms with Gasteiger partial charge in [-0.1, -0.05) is 49.2 Å². The lowest BCUT2D eigenvalue weighted by Crippen LogP contribution is -2.13. The summed E-state index contributed by atoms with van der Waals surface area (Å²) in [6.07, 6.45) is 7.34. The Morgan fingerprint density at radius 2 is 1.73 bits per heavy atom. The average molecular weight is 435 g/mol. The molecule has 0 spiro atoms. The lowest BCUT2D eigenvalue weighted by Gasteiger charge is -2.11. The Hall–Kier alpha value is -2.82. The van der Waals surface area contributed by atoms with E-state index in [-0.39, 0.29) is 5.91 Å². The number of carbonyl (C=O) groups excluding carboxylic acids is 1. The van der Waals surface area contributed by atoms with Gasteiger partial charge in [-0.2, -0.15) is 0 Å². The van der Waals surface area contributed by atoms with Gasteiger partial charge in [0.1, 0.15) is 4.88 Å². The number of unbranched alkanes of at least 4 members (excludes halogenated alkanes) is 1. The first-order valence-electron chi connectivity index (χ1n) is 10.1. The Bertz CT molecular complexity index is 1110. The SMILES string of the molecule is CCCCc1ccc(NC(=O)c2scc(-c3ccc(Cl)cc3)c2-n2cccc2)cc1. The third kappa shape index (κ3) is 4.50. The van der Waals surface area contributed by atoms with Gasteiger partial charge in [0.05, 0.1) is 5.69 Å². The third-order valence-electron chi connectivity index (χ3n) is 5.02. The van der Waals surface area contributed by atoms with Gasteiger partial charge in [0.25, 0.3) is 5.91 Å². The van der Waals surface area contributed by atoms with Crippen LogP contribution >= 0.6 is 22.9 Å². The maximum absolute atomic E-state index is 13.2. The van der Waals surface area contributed by atoms with E-state index in [1.54, 1.807) is 0 Å². The van der Waals surface area contributed by atoms with Gasteiger partial charge in [-0.15, -0.1) is 11.3 Å². The van der Waals surface area contributed by atoms with E-state index in [9.17, 15) is 4.79 Å². The predicted octanol–water partition coefficient (Wildman–Crippen LogP) is 7.45. The molecule has 5 heteroatoms. The highest BCUT2D eigenvalue weighted by atomic mass is 35.5. The number of hydrogen-bond donors (Lipinski definition) is 1. The van der Waals surface area contributed by atoms with Gasteiger partial charge < -0.3 is 9.88 Å². The molecule has 0 radical (unpaired) electrons. The molecule has 2 heterocycles. The number of rotatable bonds is 7. The van der Waals surface area contributed by atoms with Crippen molar-refractivity contribution in [3.63, 3.8) is 0 Å². The van der Waals surface area contributed by atoms with Gasteiger partial charge in [0, 0.05) is 34.0 Å². The van der Waals surface area contributed by atoms with Crippen molar-refractivity contribution >= 4 is 34.5 Å². The molecule has 1 N–H and O–H groups in total. The highest BCUT2D eigenvalue weighted by Gasteiger charge is 2.20. The first-order valence-corrected chi connectivity index (χ1v) is 11.3. The highest BCUT2D eigenvalue weighted by molar-refractivity contribution is 7.13. The van der Waals surface area contributed by atoms with Gasteiger partial charge in [0.15, 0.2) is 0 Å². The molecular weight excluding hydrogens is 412 g/mol. The van der Waals surface area contributed by atoms with Crippen molar-refractivity contribution < 1.29 is 4.79 Å². The second-order valence-corrected chi connectivity index (χ2v) is 8.50. The molecule has 2 aromatic carbocycles. The van der Waals surface area contributed by atoms with Crippen molar-refractivity contribution in [3.8, 4) is 16.8 Å². The molecule has 0 bridgehead atoms. The van der Waals surface area contributed by atoms with Crippen molar-refractivity contribution in [1.82, 2.24) is 4.57 Å². The molecule has 30 heavy (non-hydrogen) atoms. The maximum Gasteiger partial charge on any atom is 0.267 e. The van der Waals surface area contributed by atoms with E-state index < -0.39 is 0 Å². The van der Waals surface area contributed by atoms with E-state index in [2.05, 4.69) is 24.4 Å². The van der Waals surface area contributed by atoms with Gasteiger partial charge in [-0.25, -0.2) is 0 Å². The average Bonchev–Trinajstić information content (AvgIpc) is 3.43. The fourth-order valence-electron chi connectivity index (χ4n) is 3.41. The summed E-state index contributed by atoms with van der Waals surface area (Å²) < 4.78 is 1.99. The number of aromatic nitrogens is 1. The largest absolute Gasteiger partial charge is 0.322 e. The number of aryl methyl sites for hydroxylation is 1. The molecule has 0 aliphatic carbocycles. The second-order valence-electron chi connectivity index (χ2n) is 7.18. The van der Waals surface area contributed by atoms with E-state index in [4.69, 9.17) is 11.6 Å². The van der Waals surface area contributed by atoms with Crippen molar-refractivity contribution in [2.24, 2.45) is 0 Å². The Morgan fingerprint density at radius 3 is 2.40 bits per heavy atom. The summed E-state index contributed by atoms with van der Waals surface area (Å²) in [5.74, 6) is -0.106. The molecule has 2 aromatic heterocycles. The van der Waals surface area contributed by atoms with Crippen LogP contribution in [0.2, 0.25) is 5.02 Å². The summed E-state index contributed by atoms with van der Waals surface area (Å²) in [5, 5.41) is 5.78. The molecule has 0 saturated heterocycles. The normalized spacial score (nSPS) is 10.9. The van der Waals surface area contributed by atoms with Crippen molar-refractivity contribution in [2.75, 3.05) is 5.32 Å². The summed E-state index contributed by atoms with van der Waals surface area (Å²) >= 11 is 7.51. The van der Waals surface area contributed by atoms with Crippen LogP contribution in [0.4, 0.5) is 5.69 Å². The molecule has 0 aliphatic heterocycles. The van der Waals surface area contributed by atoms with E-state index in [0.29, 0.717) is 9.90 Å². The molecule has 0 unspecified atom stereocenters. The number of benzene rings is 2. The predicted molar refractivity (Wildman–Crippen MR) is 127 cm³/mol. The zero-order valence-electron chi connectivity index (χ0n) is 16.8. The van der Waals surface area contributed by atoms with Crippen LogP contribution in [0.15, 0.2) is 78.4 Å². The minimum absolute atomic E-state index is 0.106. The van der Waals surface area contributed by atoms with Crippen molar-refractivity contribution in [3.05, 3.63) is 93.9 Å². The van der Waals surface area contributed by atoms with E-state index in [0.717, 1.165) is 28.9 Å². The van der Waals surface area contributed by atoms with Crippen LogP contribution in [0, 0.1) is 0 Å². The summed E-state index contributed by atoms with van der Waals surface area (Å²) in [5.41, 5.74) is 5.01. The third-order valence-corrected chi connectivity index (χ3v) is 6.24. The first-order chi connectivity index (χ1) is 14.7. The van der Waals surface area contributed by atoms with Crippen molar-refractivity contribution in [1.29, 1.82) is 0 Å². The van der Waals surface area contributed by atoms with Crippen molar-refractivity contribution in [2.45, 2.75) is 26.2 Å². The number of nitrogens with one attached hydrogen (secondary N) is 1. The number of anilines is 1. The molecule has 0 fully saturated rings. The van der Waals surface area contributed by atoms with Gasteiger partial charge >= 0.3 is 0 Å². The van der Waals surface area contributed by atoms with Crippen LogP contribution in [0.1, 0.15) is 35.0 Å². The Morgan fingerprint density at radius 1 is 1.03 bits per heavy atom. The molecular formula is C25H23ClN2OS. The fourth-order valence-corrected chi connectivity index (χ4v) is 4.50. The number of thiophene rings is 1. The lowest BCUT2D eigenvalue weighted by molar-refractivity contribution is 0.103. The molecule has 4 aromatic rings. The fraction of sp³-hybridized carbons (Fsp3) is 0.160. The Kier molecular flexibility index (Phi) is 6.36. The Labute approximate surface area is 186 Å². The zero-order valence-corrected chi connectivity index (χ0v) is 18.3. The molecule has 4 rings (SSSR count). The zero-order chi connectivity index (χ0) is 20.9. The topological polar surface area (TPSA) is 34.0 Å². The first kappa shape index (κ1) is 20.5. The minimum atomic E-state index is -0.106. The number of halogens is 1. The van der Waals surface area contributed by atoms with Crippen LogP contribution in [0.5, 0.6) is 0 Å². The number of nitrogens with zero attached hydrogens (tertiary/aromatic N) is 1. The summed E-state index contributed by atoms with van der Waals surface area (Å²) in [6.45, 7) is 2.19. The molecule has 0 aliphatic rings. The van der Waals surface area contributed by atoms with Crippen LogP contribution in [0.25, 0.3) is 16.8 Å². The molecule has 3 nitrogen and oxygen atoms in total. The van der Waals surface area contributed by atoms with E-state index in [1.807, 2.05) is 70.9 Å². The van der Waals surface area contributed by atoms with Crippen LogP contribution < -0.4 is 5.32 Å². The van der Waals surface area contributed by atoms with Crippen LogP contribution in [0.3, 0.4) is 0 Å². The monoisotopic (exact) mass is 434 g/mol. The van der Waals surface area contributed by atoms with Crippen LogP contribution in [-0.2, 0) is 6.42 Å². The molecule has 1 amide bonds. The summed E-state index contributed by atoms with van der Waals surface area (Å²) in [4.78, 5) is 13.8. The number of carbonyl (C=O) groups is 1. The summed E-state index contributed by atoms with van der Waals surface area (Å²) in [6, 6.07) is 19.7. The summed E-state index contributed by atoms with van der Waals surface area (Å²) in [7, 11) is 0. The standard InChI is InChI=1S/C25H23ClN2OS/c1-2-3-6-18-7-13-21(14-8-18)27-25(29)24-23(28-15-4-5-16-28)22(17-30-24)19-9-11-20(26)12-10-19/h4-5,7-17H,2-3,6H2,1H3,(H,27,29). The van der Waals surface area contributed by atoms with E-state index >= 15 is 0 Å². The quantitative estimate of drug-likeness (QED) is 0.322. The maximum atomic E-state index is 13.2. The Balaban J connectivity index is 1.63. The van der Waals surface area contributed by atoms with E-state index in [1.165, 1.54) is 29.7 Å². The molecule has 152 valence electrons. The second kappa shape index (κ2) is 9.33. The highest BCUT2D eigenvalue weighted by Crippen LogP contribution is 2.36.